The average molecular weight is 210 g/mol. The molecule has 0 bridgehead atoms. The highest BCUT2D eigenvalue weighted by Gasteiger charge is 2.37. The monoisotopic (exact) mass is 210 g/mol. The van der Waals surface area contributed by atoms with Crippen molar-refractivity contribution in [2.24, 2.45) is 5.41 Å². The Morgan fingerprint density at radius 1 is 1.64 bits per heavy atom. The van der Waals surface area contributed by atoms with Gasteiger partial charge in [0.15, 0.2) is 0 Å². The van der Waals surface area contributed by atoms with E-state index in [1.165, 1.54) is 23.4 Å². The quantitative estimate of drug-likeness (QED) is 0.829. The van der Waals surface area contributed by atoms with Crippen molar-refractivity contribution in [1.29, 1.82) is 0 Å². The summed E-state index contributed by atoms with van der Waals surface area (Å²) in [6, 6.07) is 0.684. The van der Waals surface area contributed by atoms with E-state index in [-0.39, 0.29) is 0 Å². The van der Waals surface area contributed by atoms with Gasteiger partial charge in [-0.05, 0) is 25.2 Å². The van der Waals surface area contributed by atoms with Crippen molar-refractivity contribution < 1.29 is 0 Å². The summed E-state index contributed by atoms with van der Waals surface area (Å²) in [6.45, 7) is 7.74. The SMILES string of the molecule is Cc1scnc1CNC1CCC1(C)C. The predicted octanol–water partition coefficient (Wildman–Crippen LogP) is 2.73. The van der Waals surface area contributed by atoms with Crippen LogP contribution in [0.1, 0.15) is 37.3 Å². The summed E-state index contributed by atoms with van der Waals surface area (Å²) in [5, 5.41) is 3.60. The third-order valence-electron chi connectivity index (χ3n) is 3.38. The lowest BCUT2D eigenvalue weighted by Crippen LogP contribution is -2.49. The third-order valence-corrected chi connectivity index (χ3v) is 4.18. The number of aryl methyl sites for hydroxylation is 1. The van der Waals surface area contributed by atoms with Crippen LogP contribution < -0.4 is 5.32 Å². The second kappa shape index (κ2) is 3.63. The molecule has 0 aromatic carbocycles. The van der Waals surface area contributed by atoms with Crippen molar-refractivity contribution in [3.63, 3.8) is 0 Å². The van der Waals surface area contributed by atoms with E-state index >= 15 is 0 Å². The molecule has 1 aromatic heterocycles. The number of rotatable bonds is 3. The van der Waals surface area contributed by atoms with E-state index in [1.807, 2.05) is 5.51 Å². The zero-order chi connectivity index (χ0) is 10.2. The Hall–Kier alpha value is -0.410. The molecule has 3 heteroatoms. The molecular formula is C11H18N2S. The molecule has 1 atom stereocenters. The first-order chi connectivity index (χ1) is 6.59. The first-order valence-electron chi connectivity index (χ1n) is 5.22. The Morgan fingerprint density at radius 2 is 2.43 bits per heavy atom. The lowest BCUT2D eigenvalue weighted by molar-refractivity contribution is 0.107. The summed E-state index contributed by atoms with van der Waals surface area (Å²) in [6.07, 6.45) is 2.66. The van der Waals surface area contributed by atoms with Gasteiger partial charge in [-0.15, -0.1) is 11.3 Å². The maximum atomic E-state index is 4.35. The van der Waals surface area contributed by atoms with E-state index in [0.717, 1.165) is 6.54 Å². The second-order valence-corrected chi connectivity index (χ2v) is 5.87. The zero-order valence-corrected chi connectivity index (χ0v) is 9.95. The molecule has 1 aliphatic rings. The van der Waals surface area contributed by atoms with Crippen molar-refractivity contribution in [2.75, 3.05) is 0 Å². The summed E-state index contributed by atoms with van der Waals surface area (Å²) < 4.78 is 0. The molecule has 1 aromatic rings. The van der Waals surface area contributed by atoms with Gasteiger partial charge in [-0.3, -0.25) is 0 Å². The topological polar surface area (TPSA) is 24.9 Å². The smallest absolute Gasteiger partial charge is 0.0798 e. The van der Waals surface area contributed by atoms with Crippen molar-refractivity contribution in [2.45, 2.75) is 46.2 Å². The number of nitrogens with zero attached hydrogens (tertiary/aromatic N) is 1. The maximum absolute atomic E-state index is 4.35. The van der Waals surface area contributed by atoms with Crippen LogP contribution >= 0.6 is 11.3 Å². The number of hydrogen-bond acceptors (Lipinski definition) is 3. The van der Waals surface area contributed by atoms with Crippen LogP contribution in [0.5, 0.6) is 0 Å². The minimum atomic E-state index is 0.490. The fourth-order valence-corrected chi connectivity index (χ4v) is 2.56. The van der Waals surface area contributed by atoms with Gasteiger partial charge in [-0.1, -0.05) is 13.8 Å². The van der Waals surface area contributed by atoms with Gasteiger partial charge in [0.25, 0.3) is 0 Å². The molecule has 0 spiro atoms. The molecule has 0 radical (unpaired) electrons. The Kier molecular flexibility index (Phi) is 2.62. The predicted molar refractivity (Wildman–Crippen MR) is 60.5 cm³/mol. The Labute approximate surface area is 89.8 Å². The van der Waals surface area contributed by atoms with E-state index in [1.54, 1.807) is 11.3 Å². The molecule has 0 saturated heterocycles. The van der Waals surface area contributed by atoms with Crippen LogP contribution in [0.4, 0.5) is 0 Å². The van der Waals surface area contributed by atoms with Crippen molar-refractivity contribution in [3.05, 3.63) is 16.1 Å². The molecule has 0 amide bonds. The van der Waals surface area contributed by atoms with Gasteiger partial charge >= 0.3 is 0 Å². The van der Waals surface area contributed by atoms with Crippen LogP contribution in [0.2, 0.25) is 0 Å². The van der Waals surface area contributed by atoms with Gasteiger partial charge in [0.05, 0.1) is 11.2 Å². The fraction of sp³-hybridized carbons (Fsp3) is 0.727. The van der Waals surface area contributed by atoms with Crippen LogP contribution in [0.15, 0.2) is 5.51 Å². The first kappa shape index (κ1) is 10.1. The minimum absolute atomic E-state index is 0.490. The van der Waals surface area contributed by atoms with Crippen LogP contribution in [0.3, 0.4) is 0 Å². The molecule has 1 N–H and O–H groups in total. The van der Waals surface area contributed by atoms with Crippen molar-refractivity contribution in [1.82, 2.24) is 10.3 Å². The van der Waals surface area contributed by atoms with Gasteiger partial charge in [0.1, 0.15) is 0 Å². The van der Waals surface area contributed by atoms with Crippen LogP contribution in [-0.4, -0.2) is 11.0 Å². The summed E-state index contributed by atoms with van der Waals surface area (Å²) >= 11 is 1.73. The Balaban J connectivity index is 1.87. The molecule has 2 rings (SSSR count). The van der Waals surface area contributed by atoms with Crippen LogP contribution in [0.25, 0.3) is 0 Å². The average Bonchev–Trinajstić information content (AvgIpc) is 2.50. The van der Waals surface area contributed by atoms with Crippen LogP contribution in [0, 0.1) is 12.3 Å². The highest BCUT2D eigenvalue weighted by molar-refractivity contribution is 7.09. The molecule has 2 nitrogen and oxygen atoms in total. The summed E-state index contributed by atoms with van der Waals surface area (Å²) in [7, 11) is 0. The standard InChI is InChI=1S/C11H18N2S/c1-8-9(13-7-14-8)6-12-10-4-5-11(10,2)3/h7,10,12H,4-6H2,1-3H3. The molecule has 1 fully saturated rings. The summed E-state index contributed by atoms with van der Waals surface area (Å²) in [5.41, 5.74) is 3.64. The van der Waals surface area contributed by atoms with Gasteiger partial charge in [0.2, 0.25) is 0 Å². The van der Waals surface area contributed by atoms with E-state index in [2.05, 4.69) is 31.1 Å². The van der Waals surface area contributed by atoms with Gasteiger partial charge in [-0.2, -0.15) is 0 Å². The van der Waals surface area contributed by atoms with E-state index in [4.69, 9.17) is 0 Å². The van der Waals surface area contributed by atoms with Crippen molar-refractivity contribution >= 4 is 11.3 Å². The number of aromatic nitrogens is 1. The molecule has 78 valence electrons. The minimum Gasteiger partial charge on any atom is -0.308 e. The lowest BCUT2D eigenvalue weighted by atomic mass is 9.67. The van der Waals surface area contributed by atoms with E-state index in [9.17, 15) is 0 Å². The first-order valence-corrected chi connectivity index (χ1v) is 6.10. The summed E-state index contributed by atoms with van der Waals surface area (Å²) in [5.74, 6) is 0. The molecule has 1 aliphatic carbocycles. The number of nitrogens with one attached hydrogen (secondary N) is 1. The molecular weight excluding hydrogens is 192 g/mol. The maximum Gasteiger partial charge on any atom is 0.0798 e. The van der Waals surface area contributed by atoms with E-state index < -0.39 is 0 Å². The number of hydrogen-bond donors (Lipinski definition) is 1. The zero-order valence-electron chi connectivity index (χ0n) is 9.13. The van der Waals surface area contributed by atoms with Crippen LogP contribution in [-0.2, 0) is 6.54 Å². The van der Waals surface area contributed by atoms with E-state index in [0.29, 0.717) is 11.5 Å². The Bertz CT molecular complexity index is 317. The Morgan fingerprint density at radius 3 is 2.86 bits per heavy atom. The highest BCUT2D eigenvalue weighted by atomic mass is 32.1. The molecule has 0 aliphatic heterocycles. The second-order valence-electron chi connectivity index (χ2n) is 4.82. The number of thiazole rings is 1. The van der Waals surface area contributed by atoms with Gasteiger partial charge < -0.3 is 5.32 Å². The largest absolute Gasteiger partial charge is 0.308 e. The molecule has 1 heterocycles. The van der Waals surface area contributed by atoms with Gasteiger partial charge in [-0.25, -0.2) is 4.98 Å². The third kappa shape index (κ3) is 1.84. The lowest BCUT2D eigenvalue weighted by Gasteiger charge is -2.45. The summed E-state index contributed by atoms with van der Waals surface area (Å²) in [4.78, 5) is 5.69. The highest BCUT2D eigenvalue weighted by Crippen LogP contribution is 2.40. The normalized spacial score (nSPS) is 24.6. The fourth-order valence-electron chi connectivity index (χ4n) is 1.96. The van der Waals surface area contributed by atoms with Gasteiger partial charge in [0, 0.05) is 17.5 Å². The van der Waals surface area contributed by atoms with Crippen molar-refractivity contribution in [3.8, 4) is 0 Å². The molecule has 14 heavy (non-hydrogen) atoms. The molecule has 1 saturated carbocycles. The molecule has 1 unspecified atom stereocenters.